The number of rotatable bonds is 5. The number of nitrogens with one attached hydrogen (secondary N) is 1. The molecule has 0 unspecified atom stereocenters. The summed E-state index contributed by atoms with van der Waals surface area (Å²) in [6.45, 7) is 3.57. The van der Waals surface area contributed by atoms with E-state index in [0.717, 1.165) is 31.0 Å². The van der Waals surface area contributed by atoms with Crippen molar-refractivity contribution in [1.82, 2.24) is 25.0 Å². The molecule has 2 amide bonds. The summed E-state index contributed by atoms with van der Waals surface area (Å²) in [4.78, 5) is 13.9. The number of urea groups is 1. The molecule has 1 aliphatic heterocycles. The molecule has 7 nitrogen and oxygen atoms in total. The summed E-state index contributed by atoms with van der Waals surface area (Å²) in [5, 5.41) is 19.8. The summed E-state index contributed by atoms with van der Waals surface area (Å²) >= 11 is 0. The molecule has 0 radical (unpaired) electrons. The molecular formula is C17H19FN6O. The number of halogens is 1. The van der Waals surface area contributed by atoms with Crippen LogP contribution < -0.4 is 5.32 Å². The zero-order valence-electron chi connectivity index (χ0n) is 14.0. The Morgan fingerprint density at radius 1 is 1.48 bits per heavy atom. The van der Waals surface area contributed by atoms with E-state index in [1.165, 1.54) is 17.0 Å². The van der Waals surface area contributed by atoms with Crippen LogP contribution in [0, 0.1) is 17.1 Å². The van der Waals surface area contributed by atoms with Crippen LogP contribution >= 0.6 is 0 Å². The van der Waals surface area contributed by atoms with Crippen LogP contribution in [0.15, 0.2) is 18.2 Å². The predicted molar refractivity (Wildman–Crippen MR) is 87.8 cm³/mol. The normalized spacial score (nSPS) is 12.5. The Bertz CT molecular complexity index is 825. The highest BCUT2D eigenvalue weighted by molar-refractivity contribution is 5.74. The van der Waals surface area contributed by atoms with Gasteiger partial charge in [0.2, 0.25) is 0 Å². The number of aromatic nitrogens is 3. The number of nitrogens with zero attached hydrogens (tertiary/aromatic N) is 5. The maximum atomic E-state index is 14.0. The van der Waals surface area contributed by atoms with Gasteiger partial charge >= 0.3 is 6.03 Å². The molecule has 0 spiro atoms. The molecule has 8 heteroatoms. The molecule has 130 valence electrons. The smallest absolute Gasteiger partial charge is 0.318 e. The minimum Gasteiger partial charge on any atom is -0.331 e. The summed E-state index contributed by atoms with van der Waals surface area (Å²) in [6.07, 6.45) is 1.96. The Labute approximate surface area is 145 Å². The van der Waals surface area contributed by atoms with Gasteiger partial charge in [-0.2, -0.15) is 5.26 Å². The first-order chi connectivity index (χ1) is 12.1. The van der Waals surface area contributed by atoms with Crippen molar-refractivity contribution in [1.29, 1.82) is 5.26 Å². The van der Waals surface area contributed by atoms with Crippen LogP contribution in [0.1, 0.15) is 36.1 Å². The number of aryl methyl sites for hydroxylation is 1. The Morgan fingerprint density at radius 3 is 3.04 bits per heavy atom. The van der Waals surface area contributed by atoms with Crippen LogP contribution in [0.5, 0.6) is 0 Å². The van der Waals surface area contributed by atoms with E-state index in [9.17, 15) is 9.18 Å². The highest BCUT2D eigenvalue weighted by Crippen LogP contribution is 2.15. The van der Waals surface area contributed by atoms with Gasteiger partial charge in [-0.15, -0.1) is 10.2 Å². The Hall–Kier alpha value is -2.95. The third-order valence-corrected chi connectivity index (χ3v) is 4.30. The van der Waals surface area contributed by atoms with Gasteiger partial charge in [0, 0.05) is 25.1 Å². The van der Waals surface area contributed by atoms with Crippen LogP contribution in [0.3, 0.4) is 0 Å². The van der Waals surface area contributed by atoms with Gasteiger partial charge in [-0.25, -0.2) is 9.18 Å². The zero-order valence-corrected chi connectivity index (χ0v) is 14.0. The van der Waals surface area contributed by atoms with Crippen molar-refractivity contribution in [3.8, 4) is 6.07 Å². The molecule has 0 saturated carbocycles. The van der Waals surface area contributed by atoms with E-state index in [1.807, 2.05) is 17.6 Å². The number of carbonyl (C=O) groups excluding carboxylic acids is 1. The minimum absolute atomic E-state index is 0.137. The van der Waals surface area contributed by atoms with Crippen LogP contribution in [-0.4, -0.2) is 32.2 Å². The lowest BCUT2D eigenvalue weighted by Gasteiger charge is -2.21. The van der Waals surface area contributed by atoms with Gasteiger partial charge < -0.3 is 14.8 Å². The third kappa shape index (κ3) is 3.60. The van der Waals surface area contributed by atoms with Crippen molar-refractivity contribution >= 4 is 6.03 Å². The lowest BCUT2D eigenvalue weighted by molar-refractivity contribution is 0.196. The maximum absolute atomic E-state index is 14.0. The van der Waals surface area contributed by atoms with E-state index in [4.69, 9.17) is 5.26 Å². The third-order valence-electron chi connectivity index (χ3n) is 4.30. The average Bonchev–Trinajstić information content (AvgIpc) is 3.22. The van der Waals surface area contributed by atoms with Gasteiger partial charge in [0.15, 0.2) is 5.82 Å². The molecule has 2 heterocycles. The number of carbonyl (C=O) groups is 1. The number of fused-ring (bicyclic) bond motifs is 1. The fourth-order valence-corrected chi connectivity index (χ4v) is 2.89. The van der Waals surface area contributed by atoms with Crippen molar-refractivity contribution in [2.24, 2.45) is 0 Å². The first-order valence-corrected chi connectivity index (χ1v) is 8.24. The van der Waals surface area contributed by atoms with Gasteiger partial charge in [-0.05, 0) is 25.5 Å². The molecule has 1 N–H and O–H groups in total. The van der Waals surface area contributed by atoms with E-state index < -0.39 is 5.82 Å². The highest BCUT2D eigenvalue weighted by Gasteiger charge is 2.19. The first-order valence-electron chi connectivity index (χ1n) is 8.24. The van der Waals surface area contributed by atoms with Crippen molar-refractivity contribution in [3.05, 3.63) is 46.8 Å². The van der Waals surface area contributed by atoms with Crippen molar-refractivity contribution in [3.63, 3.8) is 0 Å². The second-order valence-electron chi connectivity index (χ2n) is 5.88. The topological polar surface area (TPSA) is 86.8 Å². The monoisotopic (exact) mass is 342 g/mol. The lowest BCUT2D eigenvalue weighted by atomic mass is 10.1. The number of hydrogen-bond donors (Lipinski definition) is 1. The molecule has 1 aromatic heterocycles. The molecule has 0 saturated heterocycles. The number of hydrogen-bond acceptors (Lipinski definition) is 4. The molecule has 3 rings (SSSR count). The van der Waals surface area contributed by atoms with E-state index in [-0.39, 0.29) is 24.7 Å². The molecule has 1 aromatic carbocycles. The van der Waals surface area contributed by atoms with Gasteiger partial charge in [-0.1, -0.05) is 6.07 Å². The summed E-state index contributed by atoms with van der Waals surface area (Å²) in [6, 6.07) is 5.87. The molecular weight excluding hydrogens is 323 g/mol. The predicted octanol–water partition coefficient (Wildman–Crippen LogP) is 1.97. The second-order valence-corrected chi connectivity index (χ2v) is 5.88. The molecule has 0 aliphatic carbocycles. The molecule has 25 heavy (non-hydrogen) atoms. The van der Waals surface area contributed by atoms with Crippen LogP contribution in [0.4, 0.5) is 9.18 Å². The molecule has 0 fully saturated rings. The van der Waals surface area contributed by atoms with E-state index in [1.54, 1.807) is 6.07 Å². The molecule has 0 atom stereocenters. The number of benzene rings is 1. The van der Waals surface area contributed by atoms with Crippen molar-refractivity contribution in [2.75, 3.05) is 6.54 Å². The first kappa shape index (κ1) is 16.9. The van der Waals surface area contributed by atoms with E-state index in [0.29, 0.717) is 12.1 Å². The fraction of sp³-hybridized carbons (Fsp3) is 0.412. The van der Waals surface area contributed by atoms with E-state index in [2.05, 4.69) is 15.5 Å². The van der Waals surface area contributed by atoms with E-state index >= 15 is 0 Å². The maximum Gasteiger partial charge on any atom is 0.318 e. The zero-order chi connectivity index (χ0) is 17.8. The Morgan fingerprint density at radius 2 is 2.32 bits per heavy atom. The molecule has 2 aromatic rings. The summed E-state index contributed by atoms with van der Waals surface area (Å²) in [5.74, 6) is 1.21. The molecule has 1 aliphatic rings. The number of amides is 2. The fourth-order valence-electron chi connectivity index (χ4n) is 2.89. The second kappa shape index (κ2) is 7.30. The molecule has 0 bridgehead atoms. The van der Waals surface area contributed by atoms with Gasteiger partial charge in [-0.3, -0.25) is 0 Å². The van der Waals surface area contributed by atoms with Gasteiger partial charge in [0.25, 0.3) is 0 Å². The SMILES string of the molecule is CCN(Cc1ccc(C#N)cc1F)C(=O)NCc1nnc2n1CCC2. The largest absolute Gasteiger partial charge is 0.331 e. The number of nitriles is 1. The quantitative estimate of drug-likeness (QED) is 0.900. The highest BCUT2D eigenvalue weighted by atomic mass is 19.1. The standard InChI is InChI=1S/C17H19FN6O/c1-2-23(11-13-6-5-12(9-19)8-14(13)18)17(25)20-10-16-22-21-15-4-3-7-24(15)16/h5-6,8H,2-4,7,10-11H2,1H3,(H,20,25). The minimum atomic E-state index is -0.486. The Kier molecular flexibility index (Phi) is 4.93. The van der Waals surface area contributed by atoms with Gasteiger partial charge in [0.05, 0.1) is 24.7 Å². The lowest BCUT2D eigenvalue weighted by Crippen LogP contribution is -2.39. The Balaban J connectivity index is 1.62. The van der Waals surface area contributed by atoms with Crippen LogP contribution in [0.2, 0.25) is 0 Å². The summed E-state index contributed by atoms with van der Waals surface area (Å²) < 4.78 is 16.0. The average molecular weight is 342 g/mol. The van der Waals surface area contributed by atoms with Gasteiger partial charge in [0.1, 0.15) is 11.6 Å². The van der Waals surface area contributed by atoms with Crippen LogP contribution in [0.25, 0.3) is 0 Å². The summed E-state index contributed by atoms with van der Waals surface area (Å²) in [7, 11) is 0. The van der Waals surface area contributed by atoms with Crippen LogP contribution in [-0.2, 0) is 26.1 Å². The van der Waals surface area contributed by atoms with Crippen molar-refractivity contribution in [2.45, 2.75) is 39.4 Å². The summed E-state index contributed by atoms with van der Waals surface area (Å²) in [5.41, 5.74) is 0.633. The van der Waals surface area contributed by atoms with Crippen molar-refractivity contribution < 1.29 is 9.18 Å².